The van der Waals surface area contributed by atoms with Crippen LogP contribution in [0.1, 0.15) is 226 Å². The molecule has 3 atom stereocenters. The van der Waals surface area contributed by atoms with Gasteiger partial charge in [-0.05, 0) is 38.5 Å². The molecule has 3 N–H and O–H groups in total. The molecule has 0 aromatic rings. The van der Waals surface area contributed by atoms with Crippen molar-refractivity contribution in [1.82, 2.24) is 0 Å². The van der Waals surface area contributed by atoms with E-state index in [4.69, 9.17) is 18.5 Å². The summed E-state index contributed by atoms with van der Waals surface area (Å²) >= 11 is 0. The summed E-state index contributed by atoms with van der Waals surface area (Å²) in [5, 5.41) is 19.2. The van der Waals surface area contributed by atoms with Crippen molar-refractivity contribution in [3.05, 3.63) is 12.2 Å². The monoisotopic (exact) mass is 819 g/mol. The highest BCUT2D eigenvalue weighted by Gasteiger charge is 2.27. The SMILES string of the molecule is CCCCCCCC/C=C\CCCCCCCC(=O)OC(CO)COP(=O)(O)OCC(CO)OC(=O)CCCCCCCCCCCCCCCCCCCC. The summed E-state index contributed by atoms with van der Waals surface area (Å²) in [6, 6.07) is 0. The summed E-state index contributed by atoms with van der Waals surface area (Å²) in [4.78, 5) is 34.5. The summed E-state index contributed by atoms with van der Waals surface area (Å²) in [5.74, 6) is -1.02. The van der Waals surface area contributed by atoms with Crippen LogP contribution in [0, 0.1) is 0 Å². The Kier molecular flexibility index (Phi) is 40.9. The molecule has 56 heavy (non-hydrogen) atoms. The minimum absolute atomic E-state index is 0.186. The fourth-order valence-corrected chi connectivity index (χ4v) is 7.42. The van der Waals surface area contributed by atoms with Crippen LogP contribution in [0.25, 0.3) is 0 Å². The van der Waals surface area contributed by atoms with Crippen molar-refractivity contribution < 1.29 is 47.8 Å². The molecule has 0 radical (unpaired) electrons. The van der Waals surface area contributed by atoms with Crippen LogP contribution in [0.4, 0.5) is 0 Å². The number of carbonyl (C=O) groups excluding carboxylic acids is 2. The van der Waals surface area contributed by atoms with Gasteiger partial charge < -0.3 is 24.6 Å². The maximum Gasteiger partial charge on any atom is 0.472 e. The first-order valence-corrected chi connectivity index (χ1v) is 24.6. The van der Waals surface area contributed by atoms with Crippen molar-refractivity contribution in [1.29, 1.82) is 0 Å². The molecule has 0 aromatic heterocycles. The van der Waals surface area contributed by atoms with Gasteiger partial charge in [0.15, 0.2) is 0 Å². The van der Waals surface area contributed by atoms with Crippen LogP contribution < -0.4 is 0 Å². The number of carbonyl (C=O) groups is 2. The number of phosphoric ester groups is 1. The van der Waals surface area contributed by atoms with Gasteiger partial charge in [-0.1, -0.05) is 187 Å². The van der Waals surface area contributed by atoms with Crippen molar-refractivity contribution in [2.75, 3.05) is 26.4 Å². The lowest BCUT2D eigenvalue weighted by molar-refractivity contribution is -0.153. The van der Waals surface area contributed by atoms with Crippen LogP contribution in [0.2, 0.25) is 0 Å². The number of hydrogen-bond acceptors (Lipinski definition) is 9. The Balaban J connectivity index is 3.87. The third-order valence-corrected chi connectivity index (χ3v) is 11.2. The Labute approximate surface area is 343 Å². The minimum atomic E-state index is -4.63. The van der Waals surface area contributed by atoms with E-state index in [9.17, 15) is 29.3 Å². The standard InChI is InChI=1S/C45H87O10P/c1-3-5-7-9-11-13-15-17-19-20-21-23-25-27-29-31-33-35-37-45(49)55-43(39-47)41-53-56(50,51)52-40-42(38-46)54-44(48)36-34-32-30-28-26-24-22-18-16-14-12-10-8-6-4-2/h18,22,42-43,46-47H,3-17,19-21,23-41H2,1-2H3,(H,50,51)/b22-18-. The molecule has 0 aliphatic carbocycles. The fourth-order valence-electron chi connectivity index (χ4n) is 6.64. The van der Waals surface area contributed by atoms with Crippen molar-refractivity contribution in [3.63, 3.8) is 0 Å². The molecule has 11 heteroatoms. The zero-order valence-corrected chi connectivity index (χ0v) is 37.0. The van der Waals surface area contributed by atoms with E-state index in [0.717, 1.165) is 57.8 Å². The summed E-state index contributed by atoms with van der Waals surface area (Å²) in [5.41, 5.74) is 0. The number of aliphatic hydroxyl groups is 2. The lowest BCUT2D eigenvalue weighted by atomic mass is 10.0. The van der Waals surface area contributed by atoms with E-state index in [-0.39, 0.29) is 12.8 Å². The Bertz CT molecular complexity index is 946. The molecule has 0 spiro atoms. The maximum absolute atomic E-state index is 12.4. The van der Waals surface area contributed by atoms with E-state index in [1.165, 1.54) is 128 Å². The van der Waals surface area contributed by atoms with Gasteiger partial charge >= 0.3 is 19.8 Å². The molecule has 3 unspecified atom stereocenters. The topological polar surface area (TPSA) is 149 Å². The van der Waals surface area contributed by atoms with Gasteiger partial charge in [-0.25, -0.2) is 4.57 Å². The number of ether oxygens (including phenoxy) is 2. The lowest BCUT2D eigenvalue weighted by Gasteiger charge is -2.20. The first-order valence-electron chi connectivity index (χ1n) is 23.1. The predicted molar refractivity (Wildman–Crippen MR) is 229 cm³/mol. The van der Waals surface area contributed by atoms with E-state index in [2.05, 4.69) is 26.0 Å². The number of aliphatic hydroxyl groups excluding tert-OH is 2. The quantitative estimate of drug-likeness (QED) is 0.0235. The minimum Gasteiger partial charge on any atom is -0.457 e. The highest BCUT2D eigenvalue weighted by molar-refractivity contribution is 7.47. The molecule has 0 saturated heterocycles. The van der Waals surface area contributed by atoms with Crippen LogP contribution in [-0.2, 0) is 32.7 Å². The maximum atomic E-state index is 12.4. The van der Waals surface area contributed by atoms with E-state index in [1.54, 1.807) is 0 Å². The van der Waals surface area contributed by atoms with Gasteiger partial charge in [0.25, 0.3) is 0 Å². The van der Waals surface area contributed by atoms with Crippen LogP contribution in [0.15, 0.2) is 12.2 Å². The van der Waals surface area contributed by atoms with Crippen LogP contribution in [0.5, 0.6) is 0 Å². The Morgan fingerprint density at radius 3 is 1.02 bits per heavy atom. The summed E-state index contributed by atoms with van der Waals surface area (Å²) < 4.78 is 32.6. The second kappa shape index (κ2) is 41.9. The second-order valence-corrected chi connectivity index (χ2v) is 17.2. The van der Waals surface area contributed by atoms with E-state index < -0.39 is 58.4 Å². The Hall–Kier alpha value is -1.29. The van der Waals surface area contributed by atoms with E-state index in [0.29, 0.717) is 12.8 Å². The van der Waals surface area contributed by atoms with E-state index >= 15 is 0 Å². The number of unbranched alkanes of at least 4 members (excludes halogenated alkanes) is 28. The zero-order chi connectivity index (χ0) is 41.2. The van der Waals surface area contributed by atoms with Gasteiger partial charge in [0.1, 0.15) is 12.2 Å². The first kappa shape index (κ1) is 54.7. The smallest absolute Gasteiger partial charge is 0.457 e. The number of rotatable bonds is 44. The molecule has 0 aromatic carbocycles. The predicted octanol–water partition coefficient (Wildman–Crippen LogP) is 12.4. The molecule has 0 heterocycles. The fraction of sp³-hybridized carbons (Fsp3) is 0.911. The molecular weight excluding hydrogens is 731 g/mol. The highest BCUT2D eigenvalue weighted by atomic mass is 31.2. The third-order valence-electron chi connectivity index (χ3n) is 10.2. The molecule has 0 aliphatic rings. The van der Waals surface area contributed by atoms with Crippen LogP contribution >= 0.6 is 7.82 Å². The molecular formula is C45H87O10P. The zero-order valence-electron chi connectivity index (χ0n) is 36.1. The van der Waals surface area contributed by atoms with Crippen LogP contribution in [0.3, 0.4) is 0 Å². The number of hydrogen-bond donors (Lipinski definition) is 3. The third kappa shape index (κ3) is 39.5. The Morgan fingerprint density at radius 2 is 0.732 bits per heavy atom. The molecule has 0 aliphatic heterocycles. The van der Waals surface area contributed by atoms with E-state index in [1.807, 2.05) is 0 Å². The summed E-state index contributed by atoms with van der Waals surface area (Å²) in [6.07, 6.45) is 40.4. The second-order valence-electron chi connectivity index (χ2n) is 15.7. The van der Waals surface area contributed by atoms with Gasteiger partial charge in [-0.3, -0.25) is 18.6 Å². The molecule has 0 rings (SSSR count). The molecule has 0 bridgehead atoms. The van der Waals surface area contributed by atoms with Gasteiger partial charge in [-0.15, -0.1) is 0 Å². The van der Waals surface area contributed by atoms with Gasteiger partial charge in [0.2, 0.25) is 0 Å². The van der Waals surface area contributed by atoms with Crippen LogP contribution in [-0.4, -0.2) is 65.7 Å². The average Bonchev–Trinajstić information content (AvgIpc) is 3.19. The van der Waals surface area contributed by atoms with Crippen molar-refractivity contribution >= 4 is 19.8 Å². The molecule has 10 nitrogen and oxygen atoms in total. The molecule has 0 amide bonds. The Morgan fingerprint density at radius 1 is 0.464 bits per heavy atom. The summed E-state index contributed by atoms with van der Waals surface area (Å²) in [6.45, 7) is 2.23. The lowest BCUT2D eigenvalue weighted by Crippen LogP contribution is -2.28. The molecule has 332 valence electrons. The number of phosphoric acid groups is 1. The highest BCUT2D eigenvalue weighted by Crippen LogP contribution is 2.43. The van der Waals surface area contributed by atoms with Gasteiger partial charge in [-0.2, -0.15) is 0 Å². The molecule has 0 fully saturated rings. The van der Waals surface area contributed by atoms with Crippen molar-refractivity contribution in [2.24, 2.45) is 0 Å². The first-order chi connectivity index (χ1) is 27.3. The normalized spacial score (nSPS) is 13.9. The van der Waals surface area contributed by atoms with Crippen molar-refractivity contribution in [2.45, 2.75) is 238 Å². The number of allylic oxidation sites excluding steroid dienone is 2. The largest absolute Gasteiger partial charge is 0.472 e. The van der Waals surface area contributed by atoms with Crippen molar-refractivity contribution in [3.8, 4) is 0 Å². The molecule has 0 saturated carbocycles. The average molecular weight is 819 g/mol. The van der Waals surface area contributed by atoms with Gasteiger partial charge in [0.05, 0.1) is 26.4 Å². The number of esters is 2. The summed E-state index contributed by atoms with van der Waals surface area (Å²) in [7, 11) is -4.63. The van der Waals surface area contributed by atoms with Gasteiger partial charge in [0, 0.05) is 12.8 Å².